The second-order valence-corrected chi connectivity index (χ2v) is 10.0. The summed E-state index contributed by atoms with van der Waals surface area (Å²) in [6, 6.07) is 32.3. The summed E-state index contributed by atoms with van der Waals surface area (Å²) >= 11 is 0. The van der Waals surface area contributed by atoms with E-state index in [0.717, 1.165) is 19.3 Å². The Kier molecular flexibility index (Phi) is 2.80. The third-order valence-electron chi connectivity index (χ3n) is 8.45. The summed E-state index contributed by atoms with van der Waals surface area (Å²) in [6.45, 7) is 0. The molecule has 0 amide bonds. The van der Waals surface area contributed by atoms with Crippen LogP contribution in [0.15, 0.2) is 84.9 Å². The topological polar surface area (TPSA) is 0 Å². The van der Waals surface area contributed by atoms with Crippen molar-refractivity contribution in [3.63, 3.8) is 0 Å². The fraction of sp³-hybridized carbons (Fsp3) is 0.0909. The monoisotopic (exact) mass is 416 g/mol. The lowest BCUT2D eigenvalue weighted by Crippen LogP contribution is -1.93. The van der Waals surface area contributed by atoms with Gasteiger partial charge in [0, 0.05) is 0 Å². The van der Waals surface area contributed by atoms with Crippen LogP contribution in [0.5, 0.6) is 0 Å². The lowest BCUT2D eigenvalue weighted by molar-refractivity contribution is 1.18. The van der Waals surface area contributed by atoms with Crippen molar-refractivity contribution in [2.45, 2.75) is 19.3 Å². The second kappa shape index (κ2) is 5.53. The highest BCUT2D eigenvalue weighted by Crippen LogP contribution is 2.39. The minimum Gasteiger partial charge on any atom is -0.0622 e. The number of rotatable bonds is 1. The van der Waals surface area contributed by atoms with E-state index < -0.39 is 0 Å². The molecule has 0 bridgehead atoms. The SMILES string of the molecule is c1ccc(-c2cc3c4c5c2Cc2cccc(c2=5)=c2cccc5c2=c2c(ccc(c2=4)C3)C5)cc1. The maximum Gasteiger partial charge on any atom is -0.000683 e. The van der Waals surface area contributed by atoms with Gasteiger partial charge in [-0.25, -0.2) is 0 Å². The normalized spacial score (nSPS) is 14.3. The second-order valence-electron chi connectivity index (χ2n) is 10.0. The van der Waals surface area contributed by atoms with Crippen LogP contribution in [-0.2, 0) is 19.3 Å². The summed E-state index contributed by atoms with van der Waals surface area (Å²) in [6.07, 6.45) is 3.12. The molecule has 0 heteroatoms. The Morgan fingerprint density at radius 3 is 1.73 bits per heavy atom. The third kappa shape index (κ3) is 1.87. The van der Waals surface area contributed by atoms with Crippen molar-refractivity contribution in [1.29, 1.82) is 0 Å². The Morgan fingerprint density at radius 1 is 0.394 bits per heavy atom. The summed E-state index contributed by atoms with van der Waals surface area (Å²) in [7, 11) is 0. The van der Waals surface area contributed by atoms with Crippen molar-refractivity contribution >= 4 is 0 Å². The van der Waals surface area contributed by atoms with Gasteiger partial charge in [-0.3, -0.25) is 0 Å². The zero-order valence-electron chi connectivity index (χ0n) is 18.2. The number of benzene rings is 5. The van der Waals surface area contributed by atoms with Crippen molar-refractivity contribution < 1.29 is 0 Å². The molecule has 0 radical (unpaired) electrons. The molecule has 0 nitrogen and oxygen atoms in total. The van der Waals surface area contributed by atoms with Crippen LogP contribution in [0.2, 0.25) is 0 Å². The fourth-order valence-electron chi connectivity index (χ4n) is 7.23. The van der Waals surface area contributed by atoms with Gasteiger partial charge in [-0.15, -0.1) is 0 Å². The van der Waals surface area contributed by atoms with E-state index in [0.29, 0.717) is 0 Å². The van der Waals surface area contributed by atoms with Crippen LogP contribution in [0, 0.1) is 41.7 Å². The molecule has 5 aromatic carbocycles. The zero-order chi connectivity index (χ0) is 21.3. The van der Waals surface area contributed by atoms with Crippen LogP contribution in [-0.4, -0.2) is 0 Å². The Labute approximate surface area is 190 Å². The molecule has 5 aromatic rings. The first kappa shape index (κ1) is 16.7. The molecule has 0 fully saturated rings. The van der Waals surface area contributed by atoms with Crippen LogP contribution in [0.1, 0.15) is 33.4 Å². The highest BCUT2D eigenvalue weighted by atomic mass is 14.3. The van der Waals surface area contributed by atoms with Crippen LogP contribution < -0.4 is 0 Å². The van der Waals surface area contributed by atoms with Crippen molar-refractivity contribution in [2.24, 2.45) is 0 Å². The molecule has 0 aromatic heterocycles. The van der Waals surface area contributed by atoms with E-state index in [1.807, 2.05) is 0 Å². The predicted octanol–water partition coefficient (Wildman–Crippen LogP) is 6.53. The molecule has 33 heavy (non-hydrogen) atoms. The maximum absolute atomic E-state index is 2.52. The average molecular weight is 417 g/mol. The van der Waals surface area contributed by atoms with Gasteiger partial charge in [-0.1, -0.05) is 78.9 Å². The summed E-state index contributed by atoms with van der Waals surface area (Å²) in [5.74, 6) is 0. The smallest absolute Gasteiger partial charge is 0.000683 e. The Bertz CT molecular complexity index is 2140. The number of hydrogen-bond acceptors (Lipinski definition) is 0. The first-order valence-electron chi connectivity index (χ1n) is 12.0. The van der Waals surface area contributed by atoms with Gasteiger partial charge in [0.1, 0.15) is 0 Å². The molecule has 0 aliphatic heterocycles. The molecule has 0 spiro atoms. The Balaban J connectivity index is 1.75. The first-order chi connectivity index (χ1) is 16.4. The van der Waals surface area contributed by atoms with Gasteiger partial charge in [0.25, 0.3) is 0 Å². The standard InChI is InChI=1S/C33H20/c1-2-6-18(7-3-1)26-17-23-15-22-13-12-21-14-19-8-4-10-24-25-11-5-9-20-16-27(26)33(29(20)25)32(23)31(22)30(21)28(19)24/h1-13,17H,14-16H2. The molecule has 152 valence electrons. The van der Waals surface area contributed by atoms with Gasteiger partial charge >= 0.3 is 0 Å². The molecule has 4 aliphatic carbocycles. The highest BCUT2D eigenvalue weighted by Gasteiger charge is 2.25. The average Bonchev–Trinajstić information content (AvgIpc) is 3.52. The minimum atomic E-state index is 1.02. The Morgan fingerprint density at radius 2 is 0.970 bits per heavy atom. The van der Waals surface area contributed by atoms with Gasteiger partial charge in [-0.05, 0) is 112 Å². The molecular formula is C33H20. The van der Waals surface area contributed by atoms with Gasteiger partial charge in [0.2, 0.25) is 0 Å². The van der Waals surface area contributed by atoms with E-state index in [9.17, 15) is 0 Å². The quantitative estimate of drug-likeness (QED) is 0.285. The van der Waals surface area contributed by atoms with Crippen LogP contribution >= 0.6 is 0 Å². The van der Waals surface area contributed by atoms with E-state index >= 15 is 0 Å². The highest BCUT2D eigenvalue weighted by molar-refractivity contribution is 5.72. The lowest BCUT2D eigenvalue weighted by atomic mass is 9.93. The van der Waals surface area contributed by atoms with E-state index in [2.05, 4.69) is 84.9 Å². The molecule has 0 N–H and O–H groups in total. The molecular weight excluding hydrogens is 396 g/mol. The van der Waals surface area contributed by atoms with Crippen molar-refractivity contribution in [1.82, 2.24) is 0 Å². The summed E-state index contributed by atoms with van der Waals surface area (Å²) in [5, 5.41) is 11.9. The molecule has 0 saturated carbocycles. The molecule has 4 aliphatic rings. The van der Waals surface area contributed by atoms with Crippen molar-refractivity contribution in [3.05, 3.63) is 160 Å². The van der Waals surface area contributed by atoms with Crippen LogP contribution in [0.3, 0.4) is 0 Å². The van der Waals surface area contributed by atoms with Gasteiger partial charge < -0.3 is 0 Å². The maximum atomic E-state index is 2.52. The molecule has 0 heterocycles. The lowest BCUT2D eigenvalue weighted by Gasteiger charge is -2.10. The van der Waals surface area contributed by atoms with Crippen LogP contribution in [0.4, 0.5) is 0 Å². The molecule has 9 rings (SSSR count). The minimum absolute atomic E-state index is 1.02. The van der Waals surface area contributed by atoms with Crippen molar-refractivity contribution in [2.75, 3.05) is 0 Å². The Hall–Kier alpha value is -3.90. The summed E-state index contributed by atoms with van der Waals surface area (Å²) in [5.41, 5.74) is 11.8. The van der Waals surface area contributed by atoms with E-state index in [1.54, 1.807) is 0 Å². The summed E-state index contributed by atoms with van der Waals surface area (Å²) in [4.78, 5) is 0. The van der Waals surface area contributed by atoms with E-state index in [1.165, 1.54) is 86.3 Å². The number of hydrogen-bond donors (Lipinski definition) is 0. The van der Waals surface area contributed by atoms with Crippen molar-refractivity contribution in [3.8, 4) is 11.1 Å². The molecule has 0 unspecified atom stereocenters. The molecule has 0 saturated heterocycles. The first-order valence-corrected chi connectivity index (χ1v) is 12.0. The van der Waals surface area contributed by atoms with Gasteiger partial charge in [0.15, 0.2) is 0 Å². The van der Waals surface area contributed by atoms with Gasteiger partial charge in [-0.2, -0.15) is 0 Å². The fourth-order valence-corrected chi connectivity index (χ4v) is 7.23. The zero-order valence-corrected chi connectivity index (χ0v) is 18.2. The van der Waals surface area contributed by atoms with E-state index in [-0.39, 0.29) is 0 Å². The van der Waals surface area contributed by atoms with Crippen LogP contribution in [0.25, 0.3) is 11.1 Å². The summed E-state index contributed by atoms with van der Waals surface area (Å²) < 4.78 is 0. The van der Waals surface area contributed by atoms with E-state index in [4.69, 9.17) is 0 Å². The predicted molar refractivity (Wildman–Crippen MR) is 130 cm³/mol. The largest absolute Gasteiger partial charge is 0.0622 e. The third-order valence-corrected chi connectivity index (χ3v) is 8.45. The molecule has 0 atom stereocenters. The van der Waals surface area contributed by atoms with Gasteiger partial charge in [0.05, 0.1) is 0 Å².